The van der Waals surface area contributed by atoms with Crippen LogP contribution in [-0.4, -0.2) is 32.8 Å². The summed E-state index contributed by atoms with van der Waals surface area (Å²) in [4.78, 5) is 7.72. The highest BCUT2D eigenvalue weighted by Crippen LogP contribution is 2.36. The fraction of sp³-hybridized carbons (Fsp3) is 0.391. The molecule has 4 aromatic rings. The SMILES string of the molecule is Cc1ccc([C@H](c2sc3nc(-c4ccco4)nn3c2O)[NH+]2C[C@@H](C)C[C@H](C)C2)cc1. The van der Waals surface area contributed by atoms with Crippen LogP contribution in [0.15, 0.2) is 47.1 Å². The van der Waals surface area contributed by atoms with Gasteiger partial charge in [0.1, 0.15) is 4.88 Å². The number of furan rings is 1. The monoisotopic (exact) mass is 423 g/mol. The van der Waals surface area contributed by atoms with E-state index in [1.807, 2.05) is 12.1 Å². The van der Waals surface area contributed by atoms with Crippen LogP contribution in [0, 0.1) is 18.8 Å². The number of nitrogens with zero attached hydrogens (tertiary/aromatic N) is 3. The molecular weight excluding hydrogens is 396 g/mol. The van der Waals surface area contributed by atoms with Crippen molar-refractivity contribution in [2.75, 3.05) is 13.1 Å². The average Bonchev–Trinajstić information content (AvgIpc) is 3.42. The van der Waals surface area contributed by atoms with Crippen molar-refractivity contribution in [3.05, 3.63) is 58.7 Å². The van der Waals surface area contributed by atoms with Gasteiger partial charge in [0, 0.05) is 17.4 Å². The second kappa shape index (κ2) is 7.56. The normalized spacial score (nSPS) is 23.1. The molecule has 0 aliphatic carbocycles. The number of hydrogen-bond donors (Lipinski definition) is 2. The molecular formula is C23H27N4O2S+. The molecule has 0 unspecified atom stereocenters. The van der Waals surface area contributed by atoms with Crippen LogP contribution >= 0.6 is 11.3 Å². The molecule has 4 heterocycles. The lowest BCUT2D eigenvalue weighted by atomic mass is 9.89. The second-order valence-corrected chi connectivity index (χ2v) is 9.76. The van der Waals surface area contributed by atoms with Gasteiger partial charge in [-0.25, -0.2) is 0 Å². The highest BCUT2D eigenvalue weighted by Gasteiger charge is 2.37. The van der Waals surface area contributed by atoms with Crippen LogP contribution in [-0.2, 0) is 0 Å². The number of quaternary nitrogens is 1. The number of aromatic hydroxyl groups is 1. The molecule has 5 rings (SSSR count). The van der Waals surface area contributed by atoms with Crippen LogP contribution < -0.4 is 4.90 Å². The lowest BCUT2D eigenvalue weighted by Gasteiger charge is -2.37. The fourth-order valence-corrected chi connectivity index (χ4v) is 5.99. The van der Waals surface area contributed by atoms with Crippen molar-refractivity contribution in [1.82, 2.24) is 14.6 Å². The van der Waals surface area contributed by atoms with Crippen LogP contribution in [0.1, 0.15) is 42.3 Å². The van der Waals surface area contributed by atoms with Crippen molar-refractivity contribution in [2.45, 2.75) is 33.2 Å². The molecule has 0 bridgehead atoms. The molecule has 0 saturated carbocycles. The number of hydrogen-bond acceptors (Lipinski definition) is 5. The van der Waals surface area contributed by atoms with Gasteiger partial charge < -0.3 is 14.4 Å². The summed E-state index contributed by atoms with van der Waals surface area (Å²) in [6, 6.07) is 12.4. The van der Waals surface area contributed by atoms with Gasteiger partial charge in [-0.05, 0) is 25.5 Å². The molecule has 1 saturated heterocycles. The van der Waals surface area contributed by atoms with E-state index in [9.17, 15) is 5.11 Å². The van der Waals surface area contributed by atoms with Crippen LogP contribution in [0.5, 0.6) is 5.88 Å². The van der Waals surface area contributed by atoms with E-state index in [1.54, 1.807) is 10.8 Å². The molecule has 7 heteroatoms. The van der Waals surface area contributed by atoms with E-state index >= 15 is 0 Å². The summed E-state index contributed by atoms with van der Waals surface area (Å²) in [6.45, 7) is 8.95. The van der Waals surface area contributed by atoms with E-state index < -0.39 is 0 Å². The Labute approximate surface area is 179 Å². The molecule has 0 spiro atoms. The molecule has 156 valence electrons. The number of aryl methyl sites for hydroxylation is 1. The molecule has 30 heavy (non-hydrogen) atoms. The molecule has 1 aromatic carbocycles. The Morgan fingerprint density at radius 1 is 1.17 bits per heavy atom. The highest BCUT2D eigenvalue weighted by atomic mass is 32.1. The lowest BCUT2D eigenvalue weighted by Crippen LogP contribution is -3.14. The third-order valence-corrected chi connectivity index (χ3v) is 7.13. The number of aromatic nitrogens is 3. The number of likely N-dealkylation sites (tertiary alicyclic amines) is 1. The molecule has 1 aliphatic heterocycles. The first-order valence-corrected chi connectivity index (χ1v) is 11.3. The van der Waals surface area contributed by atoms with Crippen LogP contribution in [0.25, 0.3) is 16.5 Å². The van der Waals surface area contributed by atoms with E-state index in [0.29, 0.717) is 28.4 Å². The topological polar surface area (TPSA) is 68.0 Å². The maximum absolute atomic E-state index is 11.2. The molecule has 1 fully saturated rings. The summed E-state index contributed by atoms with van der Waals surface area (Å²) < 4.78 is 6.97. The molecule has 6 nitrogen and oxygen atoms in total. The van der Waals surface area contributed by atoms with Gasteiger partial charge in [-0.15, -0.1) is 5.10 Å². The van der Waals surface area contributed by atoms with Gasteiger partial charge in [-0.3, -0.25) is 0 Å². The Balaban J connectivity index is 1.60. The summed E-state index contributed by atoms with van der Waals surface area (Å²) in [5.74, 6) is 2.60. The van der Waals surface area contributed by atoms with E-state index in [0.717, 1.165) is 18.0 Å². The largest absolute Gasteiger partial charge is 0.492 e. The third kappa shape index (κ3) is 3.42. The predicted molar refractivity (Wildman–Crippen MR) is 117 cm³/mol. The minimum Gasteiger partial charge on any atom is -0.492 e. The van der Waals surface area contributed by atoms with Gasteiger partial charge in [-0.2, -0.15) is 9.50 Å². The summed E-state index contributed by atoms with van der Waals surface area (Å²) in [5, 5.41) is 15.7. The first-order chi connectivity index (χ1) is 14.5. The van der Waals surface area contributed by atoms with E-state index in [1.165, 1.54) is 33.8 Å². The molecule has 0 amide bonds. The highest BCUT2D eigenvalue weighted by molar-refractivity contribution is 7.17. The quantitative estimate of drug-likeness (QED) is 0.525. The number of fused-ring (bicyclic) bond motifs is 1. The first-order valence-electron chi connectivity index (χ1n) is 10.5. The summed E-state index contributed by atoms with van der Waals surface area (Å²) in [5.41, 5.74) is 2.46. The summed E-state index contributed by atoms with van der Waals surface area (Å²) in [6.07, 6.45) is 2.86. The Morgan fingerprint density at radius 3 is 2.53 bits per heavy atom. The van der Waals surface area contributed by atoms with E-state index in [4.69, 9.17) is 4.42 Å². The number of rotatable bonds is 4. The summed E-state index contributed by atoms with van der Waals surface area (Å²) >= 11 is 1.52. The van der Waals surface area contributed by atoms with E-state index in [-0.39, 0.29) is 11.9 Å². The zero-order valence-electron chi connectivity index (χ0n) is 17.5. The molecule has 3 atom stereocenters. The van der Waals surface area contributed by atoms with Crippen LogP contribution in [0.2, 0.25) is 0 Å². The van der Waals surface area contributed by atoms with Gasteiger partial charge in [-0.1, -0.05) is 55.0 Å². The minimum absolute atomic E-state index is 0.0661. The third-order valence-electron chi connectivity index (χ3n) is 6.05. The van der Waals surface area contributed by atoms with Crippen LogP contribution in [0.3, 0.4) is 0 Å². The number of thiazole rings is 1. The number of nitrogens with one attached hydrogen (secondary N) is 1. The van der Waals surface area contributed by atoms with Crippen molar-refractivity contribution < 1.29 is 14.4 Å². The van der Waals surface area contributed by atoms with Crippen molar-refractivity contribution in [1.29, 1.82) is 0 Å². The van der Waals surface area contributed by atoms with Gasteiger partial charge in [0.05, 0.1) is 19.4 Å². The Kier molecular flexibility index (Phi) is 4.87. The van der Waals surface area contributed by atoms with E-state index in [2.05, 4.69) is 55.1 Å². The van der Waals surface area contributed by atoms with Crippen molar-refractivity contribution in [3.8, 4) is 17.5 Å². The predicted octanol–water partition coefficient (Wildman–Crippen LogP) is 3.72. The van der Waals surface area contributed by atoms with Gasteiger partial charge >= 0.3 is 0 Å². The molecule has 1 aliphatic rings. The second-order valence-electron chi connectivity index (χ2n) is 8.75. The zero-order valence-corrected chi connectivity index (χ0v) is 18.3. The lowest BCUT2D eigenvalue weighted by molar-refractivity contribution is -0.936. The zero-order chi connectivity index (χ0) is 20.8. The maximum atomic E-state index is 11.2. The first kappa shape index (κ1) is 19.3. The number of piperidine rings is 1. The van der Waals surface area contributed by atoms with Gasteiger partial charge in [0.25, 0.3) is 0 Å². The Hall–Kier alpha value is -2.64. The van der Waals surface area contributed by atoms with Crippen LogP contribution in [0.4, 0.5) is 0 Å². The summed E-state index contributed by atoms with van der Waals surface area (Å²) in [7, 11) is 0. The Bertz CT molecular complexity index is 1140. The average molecular weight is 424 g/mol. The maximum Gasteiger partial charge on any atom is 0.235 e. The van der Waals surface area contributed by atoms with Gasteiger partial charge in [0.2, 0.25) is 16.7 Å². The van der Waals surface area contributed by atoms with Crippen molar-refractivity contribution >= 4 is 16.3 Å². The Morgan fingerprint density at radius 2 is 1.90 bits per heavy atom. The van der Waals surface area contributed by atoms with Crippen molar-refractivity contribution in [3.63, 3.8) is 0 Å². The molecule has 2 N–H and O–H groups in total. The van der Waals surface area contributed by atoms with Crippen molar-refractivity contribution in [2.24, 2.45) is 11.8 Å². The molecule has 3 aromatic heterocycles. The fourth-order valence-electron chi connectivity index (χ4n) is 4.85. The number of benzene rings is 1. The molecule has 0 radical (unpaired) electrons. The standard InChI is InChI=1S/C23H26N4O2S/c1-14-6-8-17(9-7-14)19(26-12-15(2)11-16(3)13-26)20-22(28)27-23(30-20)24-21(25-27)18-5-4-10-29-18/h4-10,15-16,19,28H,11-13H2,1-3H3/p+1/t15-,16-,19+/m0/s1. The van der Waals surface area contributed by atoms with Gasteiger partial charge in [0.15, 0.2) is 11.8 Å². The minimum atomic E-state index is 0.0661. The smallest absolute Gasteiger partial charge is 0.235 e.